The van der Waals surface area contributed by atoms with Crippen LogP contribution in [0, 0.1) is 0 Å². The molecule has 2 N–H and O–H groups in total. The minimum absolute atomic E-state index is 0.379. The average molecular weight is 647 g/mol. The van der Waals surface area contributed by atoms with Crippen molar-refractivity contribution in [2.75, 3.05) is 6.61 Å². The van der Waals surface area contributed by atoms with Gasteiger partial charge in [0.1, 0.15) is 0 Å². The molecule has 0 saturated heterocycles. The molecule has 0 radical (unpaired) electrons. The SMILES string of the molecule is CCCCCCCCCCCCCCCCCCCCCCCCCCCCCCCCCCCCCCOP(O)(O)=S. The van der Waals surface area contributed by atoms with Gasteiger partial charge in [-0.05, 0) is 18.2 Å². The standard InChI is InChI=1S/C38H79O3PS/c1-2-3-4-5-6-7-8-9-10-11-12-13-14-15-16-17-18-19-20-21-22-23-24-25-26-27-28-29-30-31-32-33-34-35-36-37-38-41-42(39,40)43/h2-38H2,1H3,(H2,39,40,43). The van der Waals surface area contributed by atoms with E-state index in [2.05, 4.69) is 18.7 Å². The molecule has 5 heteroatoms. The fourth-order valence-electron chi connectivity index (χ4n) is 6.37. The van der Waals surface area contributed by atoms with Crippen LogP contribution in [-0.4, -0.2) is 16.4 Å². The summed E-state index contributed by atoms with van der Waals surface area (Å²) < 4.78 is 4.84. The smallest absolute Gasteiger partial charge is 0.321 e. The van der Waals surface area contributed by atoms with Crippen molar-refractivity contribution in [2.24, 2.45) is 0 Å². The van der Waals surface area contributed by atoms with Crippen molar-refractivity contribution in [2.45, 2.75) is 238 Å². The highest BCUT2D eigenvalue weighted by Gasteiger charge is 2.06. The van der Waals surface area contributed by atoms with Crippen molar-refractivity contribution < 1.29 is 14.3 Å². The number of unbranched alkanes of at least 4 members (excludes halogenated alkanes) is 35. The Kier molecular flexibility index (Phi) is 37.4. The molecule has 0 spiro atoms. The summed E-state index contributed by atoms with van der Waals surface area (Å²) in [6, 6.07) is 0. The molecule has 0 heterocycles. The molecule has 43 heavy (non-hydrogen) atoms. The lowest BCUT2D eigenvalue weighted by atomic mass is 10.0. The molecule has 0 aromatic rings. The zero-order valence-electron chi connectivity index (χ0n) is 29.3. The monoisotopic (exact) mass is 647 g/mol. The molecule has 0 saturated carbocycles. The summed E-state index contributed by atoms with van der Waals surface area (Å²) in [6.07, 6.45) is 50.9. The quantitative estimate of drug-likeness (QED) is 0.0518. The van der Waals surface area contributed by atoms with Gasteiger partial charge in [0.25, 0.3) is 0 Å². The van der Waals surface area contributed by atoms with Crippen molar-refractivity contribution in [3.8, 4) is 0 Å². The van der Waals surface area contributed by atoms with E-state index in [1.807, 2.05) is 0 Å². The second kappa shape index (κ2) is 37.0. The number of hydrogen-bond acceptors (Lipinski definition) is 2. The van der Waals surface area contributed by atoms with Gasteiger partial charge in [-0.3, -0.25) is 0 Å². The molecule has 0 aromatic heterocycles. The van der Waals surface area contributed by atoms with E-state index in [1.165, 1.54) is 218 Å². The fraction of sp³-hybridized carbons (Fsp3) is 1.00. The maximum absolute atomic E-state index is 9.00. The average Bonchev–Trinajstić information content (AvgIpc) is 2.98. The Morgan fingerprint density at radius 3 is 0.651 bits per heavy atom. The predicted molar refractivity (Wildman–Crippen MR) is 197 cm³/mol. The van der Waals surface area contributed by atoms with Gasteiger partial charge in [-0.25, -0.2) is 0 Å². The van der Waals surface area contributed by atoms with E-state index in [4.69, 9.17) is 14.3 Å². The Balaban J connectivity index is 3.05. The van der Waals surface area contributed by atoms with Crippen LogP contribution in [0.2, 0.25) is 0 Å². The van der Waals surface area contributed by atoms with Crippen molar-refractivity contribution in [3.05, 3.63) is 0 Å². The summed E-state index contributed by atoms with van der Waals surface area (Å²) in [5.74, 6) is 0. The Bertz CT molecular complexity index is 553. The van der Waals surface area contributed by atoms with Crippen LogP contribution in [0.4, 0.5) is 0 Å². The van der Waals surface area contributed by atoms with E-state index >= 15 is 0 Å². The predicted octanol–water partition coefficient (Wildman–Crippen LogP) is 14.3. The van der Waals surface area contributed by atoms with Gasteiger partial charge < -0.3 is 14.3 Å². The molecule has 0 rings (SSSR count). The molecule has 0 amide bonds. The van der Waals surface area contributed by atoms with E-state index in [1.54, 1.807) is 0 Å². The first-order valence-corrected chi connectivity index (χ1v) is 22.4. The van der Waals surface area contributed by atoms with Crippen molar-refractivity contribution in [3.63, 3.8) is 0 Å². The third-order valence-electron chi connectivity index (χ3n) is 9.26. The minimum Gasteiger partial charge on any atom is -0.325 e. The third-order valence-corrected chi connectivity index (χ3v) is 10.1. The van der Waals surface area contributed by atoms with Crippen LogP contribution in [-0.2, 0) is 16.3 Å². The van der Waals surface area contributed by atoms with Gasteiger partial charge in [0, 0.05) is 0 Å². The van der Waals surface area contributed by atoms with Gasteiger partial charge in [-0.2, -0.15) is 0 Å². The van der Waals surface area contributed by atoms with E-state index < -0.39 is 6.72 Å². The van der Waals surface area contributed by atoms with Gasteiger partial charge in [-0.15, -0.1) is 0 Å². The summed E-state index contributed by atoms with van der Waals surface area (Å²) in [7, 11) is 0. The molecule has 0 aliphatic heterocycles. The van der Waals surface area contributed by atoms with Crippen molar-refractivity contribution in [1.82, 2.24) is 0 Å². The second-order valence-corrected chi connectivity index (χ2v) is 16.4. The Hall–Kier alpha value is 0.530. The lowest BCUT2D eigenvalue weighted by molar-refractivity contribution is 0.245. The Labute approximate surface area is 276 Å². The lowest BCUT2D eigenvalue weighted by Gasteiger charge is -2.07. The first-order valence-electron chi connectivity index (χ1n) is 19.8. The van der Waals surface area contributed by atoms with Gasteiger partial charge in [-0.1, -0.05) is 232 Å². The van der Waals surface area contributed by atoms with E-state index in [0.717, 1.165) is 12.8 Å². The van der Waals surface area contributed by atoms with Gasteiger partial charge in [0.2, 0.25) is 0 Å². The molecular formula is C38H79O3PS. The maximum atomic E-state index is 9.00. The van der Waals surface area contributed by atoms with Gasteiger partial charge in [0.05, 0.1) is 6.61 Å². The molecule has 0 aliphatic carbocycles. The van der Waals surface area contributed by atoms with Crippen LogP contribution in [0.5, 0.6) is 0 Å². The van der Waals surface area contributed by atoms with Crippen molar-refractivity contribution in [1.29, 1.82) is 0 Å². The highest BCUT2D eigenvalue weighted by molar-refractivity contribution is 8.06. The Morgan fingerprint density at radius 1 is 0.326 bits per heavy atom. The van der Waals surface area contributed by atoms with E-state index in [-0.39, 0.29) is 0 Å². The lowest BCUT2D eigenvalue weighted by Crippen LogP contribution is -1.92. The summed E-state index contributed by atoms with van der Waals surface area (Å²) in [5.41, 5.74) is 0. The van der Waals surface area contributed by atoms with Crippen LogP contribution < -0.4 is 0 Å². The van der Waals surface area contributed by atoms with Crippen LogP contribution in [0.1, 0.15) is 238 Å². The molecule has 0 aromatic carbocycles. The fourth-order valence-corrected chi connectivity index (χ4v) is 6.96. The maximum Gasteiger partial charge on any atom is 0.321 e. The zero-order chi connectivity index (χ0) is 31.4. The molecule has 0 bridgehead atoms. The highest BCUT2D eigenvalue weighted by atomic mass is 32.5. The normalized spacial score (nSPS) is 12.0. The first kappa shape index (κ1) is 43.5. The molecular weight excluding hydrogens is 567 g/mol. The van der Waals surface area contributed by atoms with Gasteiger partial charge in [0.15, 0.2) is 0 Å². The summed E-state index contributed by atoms with van der Waals surface area (Å²) in [5, 5.41) is 0. The first-order chi connectivity index (χ1) is 21.1. The minimum atomic E-state index is -3.44. The second-order valence-electron chi connectivity index (χ2n) is 13.7. The third kappa shape index (κ3) is 42.5. The van der Waals surface area contributed by atoms with E-state index in [9.17, 15) is 0 Å². The number of hydrogen-bond donors (Lipinski definition) is 2. The molecule has 3 nitrogen and oxygen atoms in total. The van der Waals surface area contributed by atoms with Crippen LogP contribution in [0.3, 0.4) is 0 Å². The summed E-state index contributed by atoms with van der Waals surface area (Å²) in [6.45, 7) is -0.756. The van der Waals surface area contributed by atoms with Crippen LogP contribution in [0.15, 0.2) is 0 Å². The zero-order valence-corrected chi connectivity index (χ0v) is 31.0. The summed E-state index contributed by atoms with van der Waals surface area (Å²) in [4.78, 5) is 18.0. The Morgan fingerprint density at radius 2 is 0.488 bits per heavy atom. The number of rotatable bonds is 38. The van der Waals surface area contributed by atoms with Gasteiger partial charge >= 0.3 is 6.72 Å². The van der Waals surface area contributed by atoms with Crippen molar-refractivity contribution >= 4 is 18.5 Å². The molecule has 0 atom stereocenters. The largest absolute Gasteiger partial charge is 0.325 e. The molecule has 0 fully saturated rings. The topological polar surface area (TPSA) is 49.7 Å². The van der Waals surface area contributed by atoms with Crippen LogP contribution >= 0.6 is 6.72 Å². The summed E-state index contributed by atoms with van der Waals surface area (Å²) >= 11 is 4.44. The molecule has 0 aliphatic rings. The highest BCUT2D eigenvalue weighted by Crippen LogP contribution is 2.36. The molecule has 0 unspecified atom stereocenters. The van der Waals surface area contributed by atoms with E-state index in [0.29, 0.717) is 6.61 Å². The van der Waals surface area contributed by atoms with Crippen LogP contribution in [0.25, 0.3) is 0 Å². The molecule has 260 valence electrons.